The van der Waals surface area contributed by atoms with Gasteiger partial charge in [-0.3, -0.25) is 14.5 Å². The van der Waals surface area contributed by atoms with Crippen molar-refractivity contribution < 1.29 is 9.59 Å². The fourth-order valence-corrected chi connectivity index (χ4v) is 3.92. The largest absolute Gasteiger partial charge is 0.311 e. The molecule has 1 fully saturated rings. The van der Waals surface area contributed by atoms with E-state index in [1.807, 2.05) is 16.1 Å². The van der Waals surface area contributed by atoms with Gasteiger partial charge in [-0.2, -0.15) is 5.10 Å². The van der Waals surface area contributed by atoms with Gasteiger partial charge in [0.15, 0.2) is 5.13 Å². The van der Waals surface area contributed by atoms with Crippen molar-refractivity contribution in [3.8, 4) is 0 Å². The van der Waals surface area contributed by atoms with Crippen LogP contribution < -0.4 is 10.2 Å². The second kappa shape index (κ2) is 7.31. The summed E-state index contributed by atoms with van der Waals surface area (Å²) in [6, 6.07) is 1.94. The topological polar surface area (TPSA) is 80.1 Å². The highest BCUT2D eigenvalue weighted by Crippen LogP contribution is 2.29. The van der Waals surface area contributed by atoms with Crippen molar-refractivity contribution in [1.82, 2.24) is 14.8 Å². The van der Waals surface area contributed by atoms with Gasteiger partial charge in [0.25, 0.3) is 0 Å². The number of carbonyl (C=O) groups excluding carboxylic acids is 2. The summed E-state index contributed by atoms with van der Waals surface area (Å²) in [5.74, 6) is 0.650. The molecule has 0 saturated carbocycles. The predicted octanol–water partition coefficient (Wildman–Crippen LogP) is 3.70. The number of amides is 2. The van der Waals surface area contributed by atoms with Crippen molar-refractivity contribution in [3.05, 3.63) is 22.8 Å². The van der Waals surface area contributed by atoms with Crippen molar-refractivity contribution in [2.45, 2.75) is 71.8 Å². The van der Waals surface area contributed by atoms with Crippen molar-refractivity contribution in [2.24, 2.45) is 0 Å². The van der Waals surface area contributed by atoms with E-state index in [1.165, 1.54) is 11.3 Å². The van der Waals surface area contributed by atoms with E-state index in [0.717, 1.165) is 12.1 Å². The molecule has 1 saturated heterocycles. The molecule has 0 spiro atoms. The third-order valence-electron chi connectivity index (χ3n) is 4.57. The first-order valence-corrected chi connectivity index (χ1v) is 10.5. The molecule has 0 aliphatic carbocycles. The van der Waals surface area contributed by atoms with Gasteiger partial charge in [-0.25, -0.2) is 9.67 Å². The monoisotopic (exact) mass is 403 g/mol. The van der Waals surface area contributed by atoms with Gasteiger partial charge in [0.1, 0.15) is 5.82 Å². The molecule has 0 radical (unpaired) electrons. The fourth-order valence-electron chi connectivity index (χ4n) is 3.05. The van der Waals surface area contributed by atoms with Crippen LogP contribution in [0.15, 0.2) is 11.4 Å². The molecule has 0 unspecified atom stereocenters. The lowest BCUT2D eigenvalue weighted by atomic mass is 9.92. The minimum absolute atomic E-state index is 0.106. The van der Waals surface area contributed by atoms with E-state index in [4.69, 9.17) is 5.10 Å². The van der Waals surface area contributed by atoms with Crippen LogP contribution in [0.3, 0.4) is 0 Å². The summed E-state index contributed by atoms with van der Waals surface area (Å²) in [7, 11) is 0. The van der Waals surface area contributed by atoms with Gasteiger partial charge < -0.3 is 5.32 Å². The second-order valence-corrected chi connectivity index (χ2v) is 10.1. The second-order valence-electron chi connectivity index (χ2n) is 9.24. The summed E-state index contributed by atoms with van der Waals surface area (Å²) < 4.78 is 1.86. The van der Waals surface area contributed by atoms with Crippen LogP contribution in [0.4, 0.5) is 10.9 Å². The first-order chi connectivity index (χ1) is 12.9. The van der Waals surface area contributed by atoms with Crippen LogP contribution in [0, 0.1) is 0 Å². The summed E-state index contributed by atoms with van der Waals surface area (Å²) in [6.07, 6.45) is 1.60. The molecule has 152 valence electrons. The van der Waals surface area contributed by atoms with E-state index in [0.29, 0.717) is 29.6 Å². The third kappa shape index (κ3) is 4.43. The third-order valence-corrected chi connectivity index (χ3v) is 5.48. The van der Waals surface area contributed by atoms with E-state index in [2.05, 4.69) is 51.8 Å². The molecule has 1 aliphatic rings. The number of anilines is 2. The molecular weight excluding hydrogens is 374 g/mol. The summed E-state index contributed by atoms with van der Waals surface area (Å²) in [6.45, 7) is 13.2. The SMILES string of the molecule is CC(C)(C)c1cc(NC(=O)Cc2csc(N3CCCC3=O)n2)n(C(C)(C)C)n1. The number of rotatable bonds is 4. The van der Waals surface area contributed by atoms with E-state index < -0.39 is 0 Å². The van der Waals surface area contributed by atoms with Gasteiger partial charge in [0, 0.05) is 29.8 Å². The number of carbonyl (C=O) groups is 2. The van der Waals surface area contributed by atoms with E-state index in [9.17, 15) is 9.59 Å². The molecule has 2 aromatic heterocycles. The molecule has 0 bridgehead atoms. The Bertz CT molecular complexity index is 885. The van der Waals surface area contributed by atoms with Crippen LogP contribution in [0.2, 0.25) is 0 Å². The van der Waals surface area contributed by atoms with Crippen molar-refractivity contribution in [3.63, 3.8) is 0 Å². The first-order valence-electron chi connectivity index (χ1n) is 9.61. The summed E-state index contributed by atoms with van der Waals surface area (Å²) in [5.41, 5.74) is 1.24. The Kier molecular flexibility index (Phi) is 5.36. The number of aromatic nitrogens is 3. The van der Waals surface area contributed by atoms with Crippen LogP contribution in [0.1, 0.15) is 65.8 Å². The molecule has 1 N–H and O–H groups in total. The molecule has 3 rings (SSSR count). The highest BCUT2D eigenvalue weighted by Gasteiger charge is 2.27. The van der Waals surface area contributed by atoms with Crippen LogP contribution in [-0.4, -0.2) is 33.1 Å². The standard InChI is InChI=1S/C20H29N5O2S/c1-19(2,3)14-11-15(25(23-14)20(4,5)6)22-16(26)10-13-12-28-18(21-13)24-9-7-8-17(24)27/h11-12H,7-10H2,1-6H3,(H,22,26). The molecule has 1 aliphatic heterocycles. The zero-order valence-corrected chi connectivity index (χ0v) is 18.3. The van der Waals surface area contributed by atoms with Crippen molar-refractivity contribution >= 4 is 34.1 Å². The molecule has 7 nitrogen and oxygen atoms in total. The van der Waals surface area contributed by atoms with Crippen molar-refractivity contribution in [2.75, 3.05) is 16.8 Å². The maximum atomic E-state index is 12.6. The van der Waals surface area contributed by atoms with Gasteiger partial charge in [0.05, 0.1) is 23.3 Å². The minimum Gasteiger partial charge on any atom is -0.311 e. The molecule has 0 aromatic carbocycles. The summed E-state index contributed by atoms with van der Waals surface area (Å²) in [5, 5.41) is 10.2. The van der Waals surface area contributed by atoms with Gasteiger partial charge in [-0.05, 0) is 27.2 Å². The normalized spacial score (nSPS) is 15.4. The summed E-state index contributed by atoms with van der Waals surface area (Å²) in [4.78, 5) is 30.7. The lowest BCUT2D eigenvalue weighted by Crippen LogP contribution is -2.27. The van der Waals surface area contributed by atoms with Crippen LogP contribution in [0.5, 0.6) is 0 Å². The van der Waals surface area contributed by atoms with Gasteiger partial charge in [-0.1, -0.05) is 20.8 Å². The van der Waals surface area contributed by atoms with E-state index in [1.54, 1.807) is 4.90 Å². The van der Waals surface area contributed by atoms with Crippen LogP contribution in [0.25, 0.3) is 0 Å². The lowest BCUT2D eigenvalue weighted by Gasteiger charge is -2.23. The van der Waals surface area contributed by atoms with Crippen LogP contribution in [-0.2, 0) is 27.0 Å². The number of nitrogens with one attached hydrogen (secondary N) is 1. The Morgan fingerprint density at radius 2 is 1.96 bits per heavy atom. The average Bonchev–Trinajstić information content (AvgIpc) is 3.25. The average molecular weight is 404 g/mol. The van der Waals surface area contributed by atoms with Gasteiger partial charge >= 0.3 is 0 Å². The molecule has 8 heteroatoms. The first kappa shape index (κ1) is 20.5. The number of hydrogen-bond donors (Lipinski definition) is 1. The minimum atomic E-state index is -0.254. The molecule has 0 atom stereocenters. The lowest BCUT2D eigenvalue weighted by molar-refractivity contribution is -0.117. The van der Waals surface area contributed by atoms with E-state index in [-0.39, 0.29) is 29.2 Å². The Morgan fingerprint density at radius 1 is 1.25 bits per heavy atom. The van der Waals surface area contributed by atoms with Crippen LogP contribution >= 0.6 is 11.3 Å². The molecular formula is C20H29N5O2S. The summed E-state index contributed by atoms with van der Waals surface area (Å²) >= 11 is 1.41. The molecule has 2 aromatic rings. The number of thiazole rings is 1. The Labute approximate surface area is 170 Å². The maximum absolute atomic E-state index is 12.6. The number of nitrogens with zero attached hydrogens (tertiary/aromatic N) is 4. The predicted molar refractivity (Wildman–Crippen MR) is 112 cm³/mol. The molecule has 2 amide bonds. The zero-order valence-electron chi connectivity index (χ0n) is 17.5. The Balaban J connectivity index is 1.74. The number of hydrogen-bond acceptors (Lipinski definition) is 5. The smallest absolute Gasteiger partial charge is 0.231 e. The Morgan fingerprint density at radius 3 is 2.54 bits per heavy atom. The highest BCUT2D eigenvalue weighted by molar-refractivity contribution is 7.14. The zero-order chi connectivity index (χ0) is 20.7. The molecule has 28 heavy (non-hydrogen) atoms. The molecule has 3 heterocycles. The van der Waals surface area contributed by atoms with Gasteiger partial charge in [-0.15, -0.1) is 11.3 Å². The maximum Gasteiger partial charge on any atom is 0.231 e. The Hall–Kier alpha value is -2.22. The van der Waals surface area contributed by atoms with E-state index >= 15 is 0 Å². The fraction of sp³-hybridized carbons (Fsp3) is 0.600. The van der Waals surface area contributed by atoms with Gasteiger partial charge in [0.2, 0.25) is 11.8 Å². The quantitative estimate of drug-likeness (QED) is 0.844. The highest BCUT2D eigenvalue weighted by atomic mass is 32.1. The van der Waals surface area contributed by atoms with Crippen molar-refractivity contribution in [1.29, 1.82) is 0 Å².